The highest BCUT2D eigenvalue weighted by Gasteiger charge is 2.27. The van der Waals surface area contributed by atoms with Crippen LogP contribution >= 0.6 is 0 Å². The van der Waals surface area contributed by atoms with Gasteiger partial charge in [0.05, 0.1) is 12.5 Å². The van der Waals surface area contributed by atoms with Crippen molar-refractivity contribution in [3.8, 4) is 0 Å². The van der Waals surface area contributed by atoms with Crippen LogP contribution in [0, 0.1) is 5.92 Å². The number of likely N-dealkylation sites (N-methyl/N-ethyl adjacent to an activating group) is 1. The van der Waals surface area contributed by atoms with E-state index in [4.69, 9.17) is 4.74 Å². The summed E-state index contributed by atoms with van der Waals surface area (Å²) in [7, 11) is 3.20. The molecule has 2 atom stereocenters. The Morgan fingerprint density at radius 3 is 2.33 bits per heavy atom. The summed E-state index contributed by atoms with van der Waals surface area (Å²) in [6.45, 7) is 3.48. The minimum absolute atomic E-state index is 0.0956. The van der Waals surface area contributed by atoms with E-state index >= 15 is 0 Å². The van der Waals surface area contributed by atoms with Crippen LogP contribution in [-0.2, 0) is 19.1 Å². The van der Waals surface area contributed by atoms with Crippen molar-refractivity contribution in [2.24, 2.45) is 5.92 Å². The van der Waals surface area contributed by atoms with Crippen molar-refractivity contribution in [3.63, 3.8) is 0 Å². The van der Waals surface area contributed by atoms with Crippen molar-refractivity contribution in [1.82, 2.24) is 10.2 Å². The third-order valence-corrected chi connectivity index (χ3v) is 3.91. The minimum Gasteiger partial charge on any atom is -0.455 e. The van der Waals surface area contributed by atoms with Crippen LogP contribution in [0.4, 0.5) is 0 Å². The zero-order valence-electron chi connectivity index (χ0n) is 14.7. The van der Waals surface area contributed by atoms with Gasteiger partial charge < -0.3 is 15.0 Å². The van der Waals surface area contributed by atoms with Gasteiger partial charge in [-0.25, -0.2) is 0 Å². The number of hydrogen-bond donors (Lipinski definition) is 1. The van der Waals surface area contributed by atoms with Gasteiger partial charge in [-0.3, -0.25) is 14.4 Å². The molecule has 0 spiro atoms. The highest BCUT2D eigenvalue weighted by atomic mass is 16.5. The number of hydrogen-bond acceptors (Lipinski definition) is 4. The molecule has 0 aliphatic carbocycles. The summed E-state index contributed by atoms with van der Waals surface area (Å²) in [4.78, 5) is 36.9. The van der Waals surface area contributed by atoms with Crippen LogP contribution in [0.25, 0.3) is 0 Å². The largest absolute Gasteiger partial charge is 0.455 e. The van der Waals surface area contributed by atoms with Crippen molar-refractivity contribution >= 4 is 17.8 Å². The summed E-state index contributed by atoms with van der Waals surface area (Å²) in [5.74, 6) is -1.46. The summed E-state index contributed by atoms with van der Waals surface area (Å²) < 4.78 is 5.16. The predicted octanol–water partition coefficient (Wildman–Crippen LogP) is 1.56. The molecule has 6 heteroatoms. The number of rotatable bonds is 8. The highest BCUT2D eigenvalue weighted by Crippen LogP contribution is 2.28. The maximum Gasteiger partial charge on any atom is 0.314 e. The van der Waals surface area contributed by atoms with E-state index in [1.165, 1.54) is 4.90 Å². The van der Waals surface area contributed by atoms with Crippen LogP contribution in [0.3, 0.4) is 0 Å². The van der Waals surface area contributed by atoms with Gasteiger partial charge in [0.1, 0.15) is 0 Å². The number of carbonyl (C=O) groups is 3. The van der Waals surface area contributed by atoms with Gasteiger partial charge in [-0.15, -0.1) is 0 Å². The number of esters is 1. The molecule has 0 saturated carbocycles. The van der Waals surface area contributed by atoms with E-state index in [-0.39, 0.29) is 25.0 Å². The molecule has 0 radical (unpaired) electrons. The first kappa shape index (κ1) is 19.7. The molecule has 0 heterocycles. The van der Waals surface area contributed by atoms with Crippen LogP contribution in [0.5, 0.6) is 0 Å². The molecule has 0 aliphatic rings. The van der Waals surface area contributed by atoms with Crippen LogP contribution in [0.15, 0.2) is 30.3 Å². The van der Waals surface area contributed by atoms with Crippen molar-refractivity contribution in [2.75, 3.05) is 27.2 Å². The Bertz CT molecular complexity index is 557. The Morgan fingerprint density at radius 2 is 1.79 bits per heavy atom. The zero-order valence-corrected chi connectivity index (χ0v) is 14.7. The molecule has 0 bridgehead atoms. The molecule has 1 aromatic rings. The summed E-state index contributed by atoms with van der Waals surface area (Å²) in [5.41, 5.74) is 0.875. The average Bonchev–Trinajstić information content (AvgIpc) is 2.58. The lowest BCUT2D eigenvalue weighted by Gasteiger charge is -2.21. The molecule has 0 aromatic heterocycles. The van der Waals surface area contributed by atoms with Gasteiger partial charge in [-0.05, 0) is 11.5 Å². The second-order valence-corrected chi connectivity index (χ2v) is 5.95. The SMILES string of the molecule is CC[C@H](C)[C@@H](C(=O)OCC(=O)NCC(=O)N(C)C)c1ccccc1. The van der Waals surface area contributed by atoms with Crippen LogP contribution in [0.2, 0.25) is 0 Å². The molecular weight excluding hydrogens is 308 g/mol. The van der Waals surface area contributed by atoms with E-state index in [0.29, 0.717) is 0 Å². The van der Waals surface area contributed by atoms with Gasteiger partial charge in [0, 0.05) is 14.1 Å². The molecule has 1 rings (SSSR count). The van der Waals surface area contributed by atoms with Gasteiger partial charge in [-0.2, -0.15) is 0 Å². The lowest BCUT2D eigenvalue weighted by Crippen LogP contribution is -2.38. The number of benzene rings is 1. The van der Waals surface area contributed by atoms with Crippen LogP contribution in [0.1, 0.15) is 31.7 Å². The van der Waals surface area contributed by atoms with E-state index in [2.05, 4.69) is 5.32 Å². The Balaban J connectivity index is 2.60. The number of amides is 2. The summed E-state index contributed by atoms with van der Waals surface area (Å²) in [6.07, 6.45) is 0.818. The monoisotopic (exact) mass is 334 g/mol. The van der Waals surface area contributed by atoms with Gasteiger partial charge in [-0.1, -0.05) is 50.6 Å². The topological polar surface area (TPSA) is 75.7 Å². The second-order valence-electron chi connectivity index (χ2n) is 5.95. The molecular formula is C18H26N2O4. The first-order valence-electron chi connectivity index (χ1n) is 8.05. The molecule has 6 nitrogen and oxygen atoms in total. The fourth-order valence-corrected chi connectivity index (χ4v) is 2.20. The first-order valence-corrected chi connectivity index (χ1v) is 8.05. The van der Waals surface area contributed by atoms with E-state index in [1.54, 1.807) is 14.1 Å². The van der Waals surface area contributed by atoms with Crippen LogP contribution < -0.4 is 5.32 Å². The zero-order chi connectivity index (χ0) is 18.1. The fourth-order valence-electron chi connectivity index (χ4n) is 2.20. The Hall–Kier alpha value is -2.37. The fraction of sp³-hybridized carbons (Fsp3) is 0.500. The Kier molecular flexibility index (Phi) is 7.95. The molecule has 24 heavy (non-hydrogen) atoms. The number of carbonyl (C=O) groups excluding carboxylic acids is 3. The third-order valence-electron chi connectivity index (χ3n) is 3.91. The average molecular weight is 334 g/mol. The lowest BCUT2D eigenvalue weighted by atomic mass is 9.86. The highest BCUT2D eigenvalue weighted by molar-refractivity contribution is 5.87. The standard InChI is InChI=1S/C18H26N2O4/c1-5-13(2)17(14-9-7-6-8-10-14)18(23)24-12-15(21)19-11-16(22)20(3)4/h6-10,13,17H,5,11-12H2,1-4H3,(H,19,21)/t13-,17+/m0/s1. The Labute approximate surface area is 143 Å². The molecule has 0 fully saturated rings. The van der Waals surface area contributed by atoms with Gasteiger partial charge in [0.15, 0.2) is 6.61 Å². The first-order chi connectivity index (χ1) is 11.4. The number of ether oxygens (including phenoxy) is 1. The Morgan fingerprint density at radius 1 is 1.17 bits per heavy atom. The second kappa shape index (κ2) is 9.70. The molecule has 0 aliphatic heterocycles. The van der Waals surface area contributed by atoms with E-state index in [0.717, 1.165) is 12.0 Å². The summed E-state index contributed by atoms with van der Waals surface area (Å²) in [5, 5.41) is 2.43. The van der Waals surface area contributed by atoms with Gasteiger partial charge in [0.25, 0.3) is 5.91 Å². The van der Waals surface area contributed by atoms with Gasteiger partial charge in [0.2, 0.25) is 5.91 Å². The molecule has 132 valence electrons. The minimum atomic E-state index is -0.491. The maximum atomic E-state index is 12.4. The maximum absolute atomic E-state index is 12.4. The number of nitrogens with one attached hydrogen (secondary N) is 1. The van der Waals surface area contributed by atoms with Crippen molar-refractivity contribution in [2.45, 2.75) is 26.2 Å². The molecule has 1 N–H and O–H groups in total. The molecule has 0 saturated heterocycles. The van der Waals surface area contributed by atoms with Crippen molar-refractivity contribution < 1.29 is 19.1 Å². The molecule has 2 amide bonds. The molecule has 1 aromatic carbocycles. The third kappa shape index (κ3) is 6.02. The molecule has 0 unspecified atom stereocenters. The van der Waals surface area contributed by atoms with E-state index in [9.17, 15) is 14.4 Å². The summed E-state index contributed by atoms with van der Waals surface area (Å²) >= 11 is 0. The van der Waals surface area contributed by atoms with Crippen molar-refractivity contribution in [3.05, 3.63) is 35.9 Å². The predicted molar refractivity (Wildman–Crippen MR) is 91.3 cm³/mol. The van der Waals surface area contributed by atoms with Crippen molar-refractivity contribution in [1.29, 1.82) is 0 Å². The van der Waals surface area contributed by atoms with E-state index < -0.39 is 17.8 Å². The summed E-state index contributed by atoms with van der Waals surface area (Å²) in [6, 6.07) is 9.40. The van der Waals surface area contributed by atoms with E-state index in [1.807, 2.05) is 44.2 Å². The van der Waals surface area contributed by atoms with Crippen LogP contribution in [-0.4, -0.2) is 49.9 Å². The quantitative estimate of drug-likeness (QED) is 0.732. The lowest BCUT2D eigenvalue weighted by molar-refractivity contribution is -0.151. The smallest absolute Gasteiger partial charge is 0.314 e. The normalized spacial score (nSPS) is 12.8. The number of nitrogens with zero attached hydrogens (tertiary/aromatic N) is 1. The van der Waals surface area contributed by atoms with Gasteiger partial charge >= 0.3 is 5.97 Å².